The second kappa shape index (κ2) is 4.17. The smallest absolute Gasteiger partial charge is 0.340 e. The molecule has 6 heteroatoms. The number of hydrogen-bond donors (Lipinski definition) is 1. The third kappa shape index (κ3) is 2.05. The zero-order valence-corrected chi connectivity index (χ0v) is 9.01. The van der Waals surface area contributed by atoms with Gasteiger partial charge in [-0.3, -0.25) is 4.79 Å². The van der Waals surface area contributed by atoms with E-state index in [9.17, 15) is 14.9 Å². The van der Waals surface area contributed by atoms with E-state index in [4.69, 9.17) is 0 Å². The highest BCUT2D eigenvalue weighted by atomic mass is 16.6. The molecule has 0 aliphatic carbocycles. The summed E-state index contributed by atoms with van der Waals surface area (Å²) in [6, 6.07) is 6.83. The summed E-state index contributed by atoms with van der Waals surface area (Å²) in [5.74, 6) is 0.0144. The van der Waals surface area contributed by atoms with Gasteiger partial charge < -0.3 is 10.1 Å². The summed E-state index contributed by atoms with van der Waals surface area (Å²) in [4.78, 5) is 27.8. The van der Waals surface area contributed by atoms with Gasteiger partial charge in [0.1, 0.15) is 6.20 Å². The number of Topliss-reactive ketones (excluding diaryl/α,β-unsaturated/α-hetero) is 1. The van der Waals surface area contributed by atoms with Gasteiger partial charge in [0, 0.05) is 5.56 Å². The molecule has 1 aromatic heterocycles. The Kier molecular flexibility index (Phi) is 2.70. The topological polar surface area (TPSA) is 88.9 Å². The van der Waals surface area contributed by atoms with Gasteiger partial charge in [-0.1, -0.05) is 18.2 Å². The summed E-state index contributed by atoms with van der Waals surface area (Å²) >= 11 is 0. The molecule has 0 bridgehead atoms. The van der Waals surface area contributed by atoms with Crippen molar-refractivity contribution < 1.29 is 9.72 Å². The molecule has 17 heavy (non-hydrogen) atoms. The second-order valence-electron chi connectivity index (χ2n) is 3.48. The minimum Gasteiger partial charge on any atom is -0.358 e. The minimum absolute atomic E-state index is 0.111. The van der Waals surface area contributed by atoms with Gasteiger partial charge in [0.15, 0.2) is 5.78 Å². The van der Waals surface area contributed by atoms with Crippen LogP contribution in [0.4, 0.5) is 5.82 Å². The summed E-state index contributed by atoms with van der Waals surface area (Å²) < 4.78 is 0. The number of carbonyl (C=O) groups is 1. The molecule has 2 rings (SSSR count). The van der Waals surface area contributed by atoms with Crippen LogP contribution in [-0.4, -0.2) is 20.7 Å². The van der Waals surface area contributed by atoms with Crippen molar-refractivity contribution in [2.45, 2.75) is 6.92 Å². The molecule has 0 saturated heterocycles. The number of carbonyl (C=O) groups excluding carboxylic acids is 1. The maximum absolute atomic E-state index is 11.4. The number of aromatic nitrogens is 2. The SMILES string of the molecule is CC(=O)c1ccccc1-c1ncc([N+](=O)[O-])[nH]1. The van der Waals surface area contributed by atoms with Crippen LogP contribution in [0.5, 0.6) is 0 Å². The van der Waals surface area contributed by atoms with Crippen LogP contribution in [0.1, 0.15) is 17.3 Å². The lowest BCUT2D eigenvalue weighted by Gasteiger charge is -2.00. The van der Waals surface area contributed by atoms with Gasteiger partial charge >= 0.3 is 5.82 Å². The molecule has 1 aromatic carbocycles. The second-order valence-corrected chi connectivity index (χ2v) is 3.48. The van der Waals surface area contributed by atoms with E-state index in [1.165, 1.54) is 6.92 Å². The van der Waals surface area contributed by atoms with Crippen LogP contribution in [0.25, 0.3) is 11.4 Å². The predicted octanol–water partition coefficient (Wildman–Crippen LogP) is 2.19. The zero-order chi connectivity index (χ0) is 12.4. The Morgan fingerprint density at radius 2 is 2.12 bits per heavy atom. The van der Waals surface area contributed by atoms with Crippen molar-refractivity contribution in [1.82, 2.24) is 9.97 Å². The number of nitro groups is 1. The van der Waals surface area contributed by atoms with E-state index in [-0.39, 0.29) is 11.6 Å². The molecule has 0 unspecified atom stereocenters. The summed E-state index contributed by atoms with van der Waals surface area (Å²) in [6.45, 7) is 1.44. The monoisotopic (exact) mass is 231 g/mol. The molecular weight excluding hydrogens is 222 g/mol. The fourth-order valence-corrected chi connectivity index (χ4v) is 1.54. The van der Waals surface area contributed by atoms with Crippen molar-refractivity contribution in [2.24, 2.45) is 0 Å². The highest BCUT2D eigenvalue weighted by Crippen LogP contribution is 2.22. The average Bonchev–Trinajstić information content (AvgIpc) is 2.78. The van der Waals surface area contributed by atoms with Crippen molar-refractivity contribution in [3.63, 3.8) is 0 Å². The normalized spacial score (nSPS) is 10.2. The number of imidazole rings is 1. The first-order chi connectivity index (χ1) is 8.09. The van der Waals surface area contributed by atoms with Gasteiger partial charge in [0.05, 0.1) is 5.56 Å². The van der Waals surface area contributed by atoms with Crippen molar-refractivity contribution in [3.05, 3.63) is 46.1 Å². The highest BCUT2D eigenvalue weighted by molar-refractivity contribution is 6.00. The van der Waals surface area contributed by atoms with Crippen molar-refractivity contribution in [1.29, 1.82) is 0 Å². The molecule has 0 saturated carbocycles. The largest absolute Gasteiger partial charge is 0.358 e. The lowest BCUT2D eigenvalue weighted by molar-refractivity contribution is -0.389. The highest BCUT2D eigenvalue weighted by Gasteiger charge is 2.16. The summed E-state index contributed by atoms with van der Waals surface area (Å²) in [5.41, 5.74) is 1.05. The van der Waals surface area contributed by atoms with Crippen molar-refractivity contribution in [2.75, 3.05) is 0 Å². The number of nitrogens with zero attached hydrogens (tertiary/aromatic N) is 2. The first-order valence-electron chi connectivity index (χ1n) is 4.89. The van der Waals surface area contributed by atoms with Gasteiger partial charge in [-0.05, 0) is 17.9 Å². The van der Waals surface area contributed by atoms with E-state index in [1.54, 1.807) is 24.3 Å². The molecule has 0 radical (unpaired) electrons. The van der Waals surface area contributed by atoms with E-state index in [1.807, 2.05) is 0 Å². The first-order valence-corrected chi connectivity index (χ1v) is 4.89. The van der Waals surface area contributed by atoms with Gasteiger partial charge in [-0.15, -0.1) is 0 Å². The molecule has 0 aliphatic heterocycles. The van der Waals surface area contributed by atoms with Crippen molar-refractivity contribution in [3.8, 4) is 11.4 Å². The number of ketones is 1. The lowest BCUT2D eigenvalue weighted by Crippen LogP contribution is -1.96. The van der Waals surface area contributed by atoms with Gasteiger partial charge in [0.25, 0.3) is 0 Å². The number of H-pyrrole nitrogens is 1. The van der Waals surface area contributed by atoms with E-state index in [2.05, 4.69) is 9.97 Å². The molecule has 86 valence electrons. The number of rotatable bonds is 3. The van der Waals surface area contributed by atoms with E-state index in [0.29, 0.717) is 17.0 Å². The number of nitrogens with one attached hydrogen (secondary N) is 1. The Labute approximate surface area is 96.5 Å². The van der Waals surface area contributed by atoms with Crippen LogP contribution < -0.4 is 0 Å². The molecule has 2 aromatic rings. The summed E-state index contributed by atoms with van der Waals surface area (Å²) in [6.07, 6.45) is 1.13. The third-order valence-corrected chi connectivity index (χ3v) is 2.32. The molecule has 1 heterocycles. The van der Waals surface area contributed by atoms with Gasteiger partial charge in [-0.25, -0.2) is 9.97 Å². The first kappa shape index (κ1) is 11.0. The molecule has 6 nitrogen and oxygen atoms in total. The standard InChI is InChI=1S/C11H9N3O3/c1-7(15)8-4-2-3-5-9(8)11-12-6-10(13-11)14(16)17/h2-6H,1H3,(H,12,13). The van der Waals surface area contributed by atoms with E-state index in [0.717, 1.165) is 6.20 Å². The Hall–Kier alpha value is -2.50. The van der Waals surface area contributed by atoms with Gasteiger partial charge in [0.2, 0.25) is 5.82 Å². The van der Waals surface area contributed by atoms with E-state index < -0.39 is 4.92 Å². The Morgan fingerprint density at radius 3 is 2.71 bits per heavy atom. The molecule has 0 amide bonds. The fraction of sp³-hybridized carbons (Fsp3) is 0.0909. The molecule has 0 spiro atoms. The molecule has 0 atom stereocenters. The predicted molar refractivity (Wildman–Crippen MR) is 60.7 cm³/mol. The van der Waals surface area contributed by atoms with Crippen LogP contribution in [0.3, 0.4) is 0 Å². The average molecular weight is 231 g/mol. The van der Waals surface area contributed by atoms with Gasteiger partial charge in [-0.2, -0.15) is 0 Å². The molecule has 1 N–H and O–H groups in total. The summed E-state index contributed by atoms with van der Waals surface area (Å²) in [7, 11) is 0. The minimum atomic E-state index is -0.563. The Morgan fingerprint density at radius 1 is 1.41 bits per heavy atom. The quantitative estimate of drug-likeness (QED) is 0.498. The van der Waals surface area contributed by atoms with Crippen molar-refractivity contribution >= 4 is 11.6 Å². The third-order valence-electron chi connectivity index (χ3n) is 2.32. The lowest BCUT2D eigenvalue weighted by atomic mass is 10.0. The number of hydrogen-bond acceptors (Lipinski definition) is 4. The van der Waals surface area contributed by atoms with Crippen LogP contribution in [0, 0.1) is 10.1 Å². The zero-order valence-electron chi connectivity index (χ0n) is 9.01. The molecule has 0 aliphatic rings. The Balaban J connectivity index is 2.52. The number of benzene rings is 1. The van der Waals surface area contributed by atoms with Crippen LogP contribution in [-0.2, 0) is 0 Å². The molecular formula is C11H9N3O3. The van der Waals surface area contributed by atoms with Crippen LogP contribution >= 0.6 is 0 Å². The maximum Gasteiger partial charge on any atom is 0.340 e. The Bertz CT molecular complexity index is 589. The molecule has 0 fully saturated rings. The van der Waals surface area contributed by atoms with E-state index >= 15 is 0 Å². The number of aromatic amines is 1. The maximum atomic E-state index is 11.4. The fourth-order valence-electron chi connectivity index (χ4n) is 1.54. The van der Waals surface area contributed by atoms with Crippen LogP contribution in [0.2, 0.25) is 0 Å². The van der Waals surface area contributed by atoms with Crippen LogP contribution in [0.15, 0.2) is 30.5 Å². The summed E-state index contributed by atoms with van der Waals surface area (Å²) in [5, 5.41) is 10.5.